The van der Waals surface area contributed by atoms with Crippen LogP contribution in [-0.4, -0.2) is 4.40 Å². The molecule has 0 amide bonds. The molecule has 7 aromatic rings. The quantitative estimate of drug-likeness (QED) is 0.211. The van der Waals surface area contributed by atoms with E-state index >= 15 is 0 Å². The third kappa shape index (κ3) is 2.28. The molecule has 0 bridgehead atoms. The van der Waals surface area contributed by atoms with Crippen molar-refractivity contribution >= 4 is 49.3 Å². The summed E-state index contributed by atoms with van der Waals surface area (Å²) in [7, 11) is 2.12. The number of fused-ring (bicyclic) bond motifs is 9. The zero-order valence-corrected chi connectivity index (χ0v) is 18.0. The number of rotatable bonds is 1. The highest BCUT2D eigenvalue weighted by molar-refractivity contribution is 6.18. The van der Waals surface area contributed by atoms with E-state index in [1.807, 2.05) is 6.07 Å². The molecular formula is C29H21N2O+. The van der Waals surface area contributed by atoms with Crippen molar-refractivity contribution < 1.29 is 8.98 Å². The van der Waals surface area contributed by atoms with E-state index in [4.69, 9.17) is 4.42 Å². The van der Waals surface area contributed by atoms with Gasteiger partial charge in [0.2, 0.25) is 0 Å². The van der Waals surface area contributed by atoms with Gasteiger partial charge in [0.15, 0.2) is 0 Å². The molecule has 3 aromatic heterocycles. The molecule has 3 nitrogen and oxygen atoms in total. The molecule has 3 heteroatoms. The molecule has 0 saturated heterocycles. The molecule has 0 aliphatic carbocycles. The standard InChI is InChI=1S/C29H21N2O/c1-18-7-6-10-22-23-17-27-24(16-25(23)31-14-13-30(2)29(31)28(18)22)21-12-11-20(15-26(21)32-27)19-8-4-3-5-9-19/h3-17H,1-2H3/q+1. The predicted octanol–water partition coefficient (Wildman–Crippen LogP) is 6.95. The number of hydrogen-bond acceptors (Lipinski definition) is 1. The summed E-state index contributed by atoms with van der Waals surface area (Å²) in [5.74, 6) is 0. The van der Waals surface area contributed by atoms with Gasteiger partial charge in [-0.2, -0.15) is 4.40 Å². The fourth-order valence-corrected chi connectivity index (χ4v) is 5.19. The van der Waals surface area contributed by atoms with E-state index in [-0.39, 0.29) is 0 Å². The molecule has 0 spiro atoms. The monoisotopic (exact) mass is 413 g/mol. The van der Waals surface area contributed by atoms with Crippen LogP contribution >= 0.6 is 0 Å². The van der Waals surface area contributed by atoms with Crippen molar-refractivity contribution in [1.29, 1.82) is 0 Å². The Morgan fingerprint density at radius 2 is 1.56 bits per heavy atom. The van der Waals surface area contributed by atoms with Gasteiger partial charge in [0.25, 0.3) is 5.65 Å². The van der Waals surface area contributed by atoms with Gasteiger partial charge >= 0.3 is 0 Å². The van der Waals surface area contributed by atoms with Gasteiger partial charge in [-0.25, -0.2) is 4.57 Å². The van der Waals surface area contributed by atoms with Crippen LogP contribution < -0.4 is 4.57 Å². The number of benzene rings is 4. The molecule has 0 unspecified atom stereocenters. The first kappa shape index (κ1) is 17.6. The fourth-order valence-electron chi connectivity index (χ4n) is 5.19. The van der Waals surface area contributed by atoms with E-state index in [1.54, 1.807) is 0 Å². The number of pyridine rings is 1. The molecule has 0 fully saturated rings. The number of hydrogen-bond donors (Lipinski definition) is 0. The Labute approximate surface area is 184 Å². The summed E-state index contributed by atoms with van der Waals surface area (Å²) < 4.78 is 10.9. The molecule has 3 heterocycles. The van der Waals surface area contributed by atoms with Crippen molar-refractivity contribution in [2.75, 3.05) is 0 Å². The topological polar surface area (TPSA) is 21.4 Å². The predicted molar refractivity (Wildman–Crippen MR) is 131 cm³/mol. The maximum absolute atomic E-state index is 6.40. The lowest BCUT2D eigenvalue weighted by Crippen LogP contribution is -2.26. The summed E-state index contributed by atoms with van der Waals surface area (Å²) in [6.45, 7) is 2.19. The van der Waals surface area contributed by atoms with Gasteiger partial charge in [0, 0.05) is 21.5 Å². The molecule has 0 atom stereocenters. The smallest absolute Gasteiger partial charge is 0.294 e. The van der Waals surface area contributed by atoms with Crippen LogP contribution in [-0.2, 0) is 7.05 Å². The normalized spacial score (nSPS) is 12.1. The number of furan rings is 1. The van der Waals surface area contributed by atoms with Crippen molar-refractivity contribution in [3.63, 3.8) is 0 Å². The first-order valence-corrected chi connectivity index (χ1v) is 10.9. The minimum atomic E-state index is 0.923. The lowest BCUT2D eigenvalue weighted by atomic mass is 10.00. The molecule has 0 aliphatic heterocycles. The van der Waals surface area contributed by atoms with Crippen LogP contribution in [0.3, 0.4) is 0 Å². The molecule has 32 heavy (non-hydrogen) atoms. The van der Waals surface area contributed by atoms with Gasteiger partial charge in [-0.05, 0) is 47.9 Å². The maximum Gasteiger partial charge on any atom is 0.294 e. The average molecular weight is 414 g/mol. The third-order valence-corrected chi connectivity index (χ3v) is 6.74. The Morgan fingerprint density at radius 1 is 0.719 bits per heavy atom. The van der Waals surface area contributed by atoms with Gasteiger partial charge in [0.1, 0.15) is 29.1 Å². The highest BCUT2D eigenvalue weighted by Gasteiger charge is 2.20. The number of aromatic nitrogens is 2. The van der Waals surface area contributed by atoms with Crippen LogP contribution in [0, 0.1) is 6.92 Å². The molecule has 152 valence electrons. The van der Waals surface area contributed by atoms with E-state index in [0.29, 0.717) is 0 Å². The minimum Gasteiger partial charge on any atom is -0.456 e. The molecule has 7 rings (SSSR count). The van der Waals surface area contributed by atoms with Crippen LogP contribution in [0.15, 0.2) is 95.7 Å². The van der Waals surface area contributed by atoms with Gasteiger partial charge < -0.3 is 4.42 Å². The van der Waals surface area contributed by atoms with Gasteiger partial charge in [-0.15, -0.1) is 0 Å². The fraction of sp³-hybridized carbons (Fsp3) is 0.0690. The van der Waals surface area contributed by atoms with E-state index in [9.17, 15) is 0 Å². The Kier molecular flexibility index (Phi) is 3.41. The highest BCUT2D eigenvalue weighted by Crippen LogP contribution is 2.37. The summed E-state index contributed by atoms with van der Waals surface area (Å²) in [6.07, 6.45) is 4.29. The molecular weight excluding hydrogens is 392 g/mol. The number of imidazole rings is 1. The summed E-state index contributed by atoms with van der Waals surface area (Å²) in [5, 5.41) is 6.05. The zero-order chi connectivity index (χ0) is 21.4. The van der Waals surface area contributed by atoms with E-state index in [2.05, 4.69) is 108 Å². The summed E-state index contributed by atoms with van der Waals surface area (Å²) >= 11 is 0. The average Bonchev–Trinajstić information content (AvgIpc) is 3.38. The Bertz CT molecular complexity index is 1840. The Hall–Kier alpha value is -4.11. The second kappa shape index (κ2) is 6.21. The van der Waals surface area contributed by atoms with Crippen molar-refractivity contribution in [2.24, 2.45) is 7.05 Å². The molecule has 0 saturated carbocycles. The molecule has 0 radical (unpaired) electrons. The van der Waals surface area contributed by atoms with Gasteiger partial charge in [-0.3, -0.25) is 0 Å². The first-order valence-electron chi connectivity index (χ1n) is 10.9. The van der Waals surface area contributed by atoms with E-state index < -0.39 is 0 Å². The van der Waals surface area contributed by atoms with Crippen LogP contribution in [0.4, 0.5) is 0 Å². The summed E-state index contributed by atoms with van der Waals surface area (Å²) in [4.78, 5) is 0. The number of nitrogens with zero attached hydrogens (tertiary/aromatic N) is 2. The van der Waals surface area contributed by atoms with Crippen LogP contribution in [0.25, 0.3) is 60.4 Å². The largest absolute Gasteiger partial charge is 0.456 e. The van der Waals surface area contributed by atoms with Crippen molar-refractivity contribution in [3.05, 3.63) is 96.8 Å². The van der Waals surface area contributed by atoms with Gasteiger partial charge in [-0.1, -0.05) is 54.6 Å². The van der Waals surface area contributed by atoms with Gasteiger partial charge in [0.05, 0.1) is 12.4 Å². The maximum atomic E-state index is 6.40. The third-order valence-electron chi connectivity index (χ3n) is 6.74. The SMILES string of the molecule is Cc1cccc2c3cc4oc5cc(-c6ccccc6)ccc5c4cc3n3cc[n+](C)c3c12. The van der Waals surface area contributed by atoms with Crippen molar-refractivity contribution in [2.45, 2.75) is 6.92 Å². The molecule has 4 aromatic carbocycles. The Balaban J connectivity index is 1.62. The lowest BCUT2D eigenvalue weighted by Gasteiger charge is -2.07. The summed E-state index contributed by atoms with van der Waals surface area (Å²) in [5.41, 5.74) is 7.90. The second-order valence-corrected chi connectivity index (χ2v) is 8.64. The second-order valence-electron chi connectivity index (χ2n) is 8.64. The number of aryl methyl sites for hydroxylation is 2. The van der Waals surface area contributed by atoms with E-state index in [0.717, 1.165) is 21.9 Å². The van der Waals surface area contributed by atoms with Crippen molar-refractivity contribution in [1.82, 2.24) is 4.40 Å². The van der Waals surface area contributed by atoms with Crippen molar-refractivity contribution in [3.8, 4) is 11.1 Å². The van der Waals surface area contributed by atoms with Crippen LogP contribution in [0.1, 0.15) is 5.56 Å². The first-order chi connectivity index (χ1) is 15.7. The highest BCUT2D eigenvalue weighted by atomic mass is 16.3. The van der Waals surface area contributed by atoms with Crippen LogP contribution in [0.5, 0.6) is 0 Å². The summed E-state index contributed by atoms with van der Waals surface area (Å²) in [6, 6.07) is 28.0. The lowest BCUT2D eigenvalue weighted by molar-refractivity contribution is -0.643. The molecule has 0 aliphatic rings. The minimum absolute atomic E-state index is 0.923. The van der Waals surface area contributed by atoms with E-state index in [1.165, 1.54) is 44.0 Å². The zero-order valence-electron chi connectivity index (χ0n) is 18.0. The Morgan fingerprint density at radius 3 is 2.44 bits per heavy atom. The molecule has 0 N–H and O–H groups in total. The van der Waals surface area contributed by atoms with Crippen LogP contribution in [0.2, 0.25) is 0 Å².